The van der Waals surface area contributed by atoms with Gasteiger partial charge >= 0.3 is 0 Å². The number of fused-ring (bicyclic) bond motifs is 1. The van der Waals surface area contributed by atoms with Crippen LogP contribution < -0.4 is 4.99 Å². The molecule has 1 nitrogen and oxygen atoms in total. The molecule has 0 atom stereocenters. The Morgan fingerprint density at radius 1 is 1.14 bits per heavy atom. The van der Waals surface area contributed by atoms with Crippen molar-refractivity contribution in [3.63, 3.8) is 0 Å². The van der Waals surface area contributed by atoms with Crippen LogP contribution in [0, 0.1) is 0 Å². The van der Waals surface area contributed by atoms with E-state index < -0.39 is 0 Å². The Bertz CT molecular complexity index is 425. The molecule has 0 amide bonds. The number of allylic oxidation sites excluding steroid dienone is 3. The van der Waals surface area contributed by atoms with E-state index in [2.05, 4.69) is 48.8 Å². The van der Waals surface area contributed by atoms with Gasteiger partial charge in [0.1, 0.15) is 6.54 Å². The molecule has 1 heteroatoms. The average molecular weight is 184 g/mol. The first-order valence-corrected chi connectivity index (χ1v) is 4.90. The zero-order valence-electron chi connectivity index (χ0n) is 8.38. The van der Waals surface area contributed by atoms with Gasteiger partial charge in [-0.2, -0.15) is 0 Å². The summed E-state index contributed by atoms with van der Waals surface area (Å²) < 4.78 is 0. The van der Waals surface area contributed by atoms with Gasteiger partial charge in [0.15, 0.2) is 0 Å². The fraction of sp³-hybridized carbons (Fsp3) is 0.154. The maximum absolute atomic E-state index is 4.02. The van der Waals surface area contributed by atoms with Gasteiger partial charge in [0.05, 0.1) is 5.56 Å². The third-order valence-electron chi connectivity index (χ3n) is 2.38. The Morgan fingerprint density at radius 2 is 1.86 bits per heavy atom. The molecule has 0 fully saturated rings. The van der Waals surface area contributed by atoms with Crippen LogP contribution in [0.15, 0.2) is 43.0 Å². The van der Waals surface area contributed by atoms with Gasteiger partial charge in [-0.1, -0.05) is 24.8 Å². The lowest BCUT2D eigenvalue weighted by molar-refractivity contribution is -0.450. The van der Waals surface area contributed by atoms with E-state index in [-0.39, 0.29) is 0 Å². The van der Waals surface area contributed by atoms with Crippen molar-refractivity contribution >= 4 is 11.3 Å². The highest BCUT2D eigenvalue weighted by Gasteiger charge is 2.15. The molecule has 1 aliphatic rings. The molecule has 1 aromatic carbocycles. The van der Waals surface area contributed by atoms with Crippen LogP contribution in [0.2, 0.25) is 0 Å². The van der Waals surface area contributed by atoms with E-state index in [0.717, 1.165) is 12.1 Å². The first-order valence-electron chi connectivity index (χ1n) is 4.90. The van der Waals surface area contributed by atoms with E-state index in [0.29, 0.717) is 0 Å². The largest absolute Gasteiger partial charge is 0.242 e. The Kier molecular flexibility index (Phi) is 2.32. The number of benzene rings is 1. The molecule has 0 radical (unpaired) electrons. The lowest BCUT2D eigenvalue weighted by atomic mass is 9.92. The molecule has 70 valence electrons. The third kappa shape index (κ3) is 1.41. The summed E-state index contributed by atoms with van der Waals surface area (Å²) in [5.74, 6) is 0. The highest BCUT2D eigenvalue weighted by Crippen LogP contribution is 2.22. The first kappa shape index (κ1) is 8.95. The highest BCUT2D eigenvalue weighted by atomic mass is 14.7. The minimum absolute atomic E-state index is 0.945. The summed E-state index contributed by atoms with van der Waals surface area (Å²) in [7, 11) is 0. The van der Waals surface area contributed by atoms with Crippen molar-refractivity contribution in [1.82, 2.24) is 0 Å². The Labute approximate surface area is 84.5 Å². The Balaban J connectivity index is 2.58. The van der Waals surface area contributed by atoms with Gasteiger partial charge < -0.3 is 0 Å². The molecule has 0 heterocycles. The van der Waals surface area contributed by atoms with Gasteiger partial charge in [-0.25, -0.2) is 4.99 Å². The molecule has 0 spiro atoms. The minimum atomic E-state index is 0.945. The standard InChI is InChI=1S/C13H13N/c1-3-14-13-9-8-10(2)11-6-4-5-7-12(11)13/h4-9H,2-3H2,1H3/p+1. The second-order valence-corrected chi connectivity index (χ2v) is 3.35. The molecule has 1 aliphatic carbocycles. The molecule has 1 aromatic rings. The maximum atomic E-state index is 4.02. The quantitative estimate of drug-likeness (QED) is 0.673. The zero-order chi connectivity index (χ0) is 9.97. The van der Waals surface area contributed by atoms with Crippen molar-refractivity contribution < 1.29 is 4.99 Å². The van der Waals surface area contributed by atoms with Crippen molar-refractivity contribution in [2.24, 2.45) is 0 Å². The molecule has 0 saturated heterocycles. The SMILES string of the molecule is C=C1C=CC(=[NH+]CC)c2ccccc21. The van der Waals surface area contributed by atoms with Gasteiger partial charge in [0.2, 0.25) is 5.71 Å². The first-order chi connectivity index (χ1) is 6.83. The molecule has 0 bridgehead atoms. The molecule has 0 saturated carbocycles. The van der Waals surface area contributed by atoms with Gasteiger partial charge in [-0.05, 0) is 30.2 Å². The molecule has 2 rings (SSSR count). The number of rotatable bonds is 1. The van der Waals surface area contributed by atoms with Crippen LogP contribution in [0.5, 0.6) is 0 Å². The lowest BCUT2D eigenvalue weighted by Crippen LogP contribution is -2.72. The van der Waals surface area contributed by atoms with E-state index in [1.165, 1.54) is 16.8 Å². The van der Waals surface area contributed by atoms with Crippen LogP contribution in [-0.2, 0) is 0 Å². The molecular formula is C13H14N+. The normalized spacial score (nSPS) is 17.2. The summed E-state index contributed by atoms with van der Waals surface area (Å²) in [4.78, 5) is 3.35. The van der Waals surface area contributed by atoms with Crippen LogP contribution >= 0.6 is 0 Å². The second-order valence-electron chi connectivity index (χ2n) is 3.35. The average Bonchev–Trinajstić information content (AvgIpc) is 2.23. The summed E-state index contributed by atoms with van der Waals surface area (Å²) in [5.41, 5.74) is 4.76. The number of hydrogen-bond donors (Lipinski definition) is 1. The summed E-state index contributed by atoms with van der Waals surface area (Å²) in [6.45, 7) is 7.07. The maximum Gasteiger partial charge on any atom is 0.206 e. The van der Waals surface area contributed by atoms with Crippen molar-refractivity contribution in [2.45, 2.75) is 6.92 Å². The topological polar surface area (TPSA) is 14.0 Å². The fourth-order valence-corrected chi connectivity index (χ4v) is 1.71. The van der Waals surface area contributed by atoms with Crippen molar-refractivity contribution in [2.75, 3.05) is 6.54 Å². The molecule has 1 N–H and O–H groups in total. The predicted molar refractivity (Wildman–Crippen MR) is 60.2 cm³/mol. The van der Waals surface area contributed by atoms with Crippen LogP contribution in [0.25, 0.3) is 5.57 Å². The zero-order valence-corrected chi connectivity index (χ0v) is 8.38. The van der Waals surface area contributed by atoms with Crippen LogP contribution in [0.1, 0.15) is 18.1 Å². The fourth-order valence-electron chi connectivity index (χ4n) is 1.71. The Morgan fingerprint density at radius 3 is 2.57 bits per heavy atom. The van der Waals surface area contributed by atoms with Crippen LogP contribution in [0.3, 0.4) is 0 Å². The lowest BCUT2D eigenvalue weighted by Gasteiger charge is -2.10. The third-order valence-corrected chi connectivity index (χ3v) is 2.38. The van der Waals surface area contributed by atoms with Crippen molar-refractivity contribution in [3.05, 3.63) is 54.1 Å². The van der Waals surface area contributed by atoms with Gasteiger partial charge in [-0.15, -0.1) is 0 Å². The van der Waals surface area contributed by atoms with Crippen molar-refractivity contribution in [1.29, 1.82) is 0 Å². The predicted octanol–water partition coefficient (Wildman–Crippen LogP) is 1.16. The van der Waals surface area contributed by atoms with Crippen LogP contribution in [0.4, 0.5) is 0 Å². The smallest absolute Gasteiger partial charge is 0.206 e. The summed E-state index contributed by atoms with van der Waals surface area (Å²) >= 11 is 0. The monoisotopic (exact) mass is 184 g/mol. The number of nitrogens with one attached hydrogen (secondary N) is 1. The van der Waals surface area contributed by atoms with Crippen LogP contribution in [-0.4, -0.2) is 12.3 Å². The van der Waals surface area contributed by atoms with Gasteiger partial charge in [0, 0.05) is 6.08 Å². The van der Waals surface area contributed by atoms with Gasteiger partial charge in [-0.3, -0.25) is 0 Å². The summed E-state index contributed by atoms with van der Waals surface area (Å²) in [5, 5.41) is 0. The van der Waals surface area contributed by atoms with E-state index in [1.54, 1.807) is 0 Å². The van der Waals surface area contributed by atoms with E-state index in [4.69, 9.17) is 0 Å². The van der Waals surface area contributed by atoms with E-state index in [9.17, 15) is 0 Å². The summed E-state index contributed by atoms with van der Waals surface area (Å²) in [6.07, 6.45) is 4.15. The minimum Gasteiger partial charge on any atom is -0.242 e. The Hall–Kier alpha value is -1.63. The molecular weight excluding hydrogens is 170 g/mol. The molecule has 0 aromatic heterocycles. The second kappa shape index (κ2) is 3.62. The van der Waals surface area contributed by atoms with E-state index >= 15 is 0 Å². The number of hydrogen-bond acceptors (Lipinski definition) is 0. The van der Waals surface area contributed by atoms with Crippen molar-refractivity contribution in [3.8, 4) is 0 Å². The van der Waals surface area contributed by atoms with E-state index in [1.807, 2.05) is 6.07 Å². The molecule has 0 unspecified atom stereocenters. The highest BCUT2D eigenvalue weighted by molar-refractivity contribution is 6.12. The molecule has 0 aliphatic heterocycles. The summed E-state index contributed by atoms with van der Waals surface area (Å²) in [6, 6.07) is 8.34. The van der Waals surface area contributed by atoms with Gasteiger partial charge in [0.25, 0.3) is 0 Å². The molecule has 14 heavy (non-hydrogen) atoms.